The van der Waals surface area contributed by atoms with Crippen LogP contribution in [0.1, 0.15) is 21.5 Å². The molecule has 0 aliphatic rings. The van der Waals surface area contributed by atoms with E-state index < -0.39 is 11.8 Å². The highest BCUT2D eigenvalue weighted by atomic mass is 19.1. The molecular weight excluding hydrogens is 322 g/mol. The number of carbonyl (C=O) groups is 1. The minimum atomic E-state index is -0.598. The van der Waals surface area contributed by atoms with E-state index in [1.165, 1.54) is 18.2 Å². The number of ether oxygens (including phenoxy) is 1. The summed E-state index contributed by atoms with van der Waals surface area (Å²) in [6.45, 7) is 3.45. The maximum Gasteiger partial charge on any atom is 0.343 e. The Kier molecular flexibility index (Phi) is 4.61. The molecule has 0 N–H and O–H groups in total. The van der Waals surface area contributed by atoms with Crippen molar-refractivity contribution in [3.63, 3.8) is 0 Å². The van der Waals surface area contributed by atoms with Gasteiger partial charge in [-0.15, -0.1) is 0 Å². The lowest BCUT2D eigenvalue weighted by molar-refractivity contribution is 0.0734. The summed E-state index contributed by atoms with van der Waals surface area (Å²) in [4.78, 5) is 12.2. The van der Waals surface area contributed by atoms with E-state index >= 15 is 0 Å². The number of hydrogen-bond donors (Lipinski definition) is 0. The zero-order valence-corrected chi connectivity index (χ0v) is 13.8. The molecule has 0 saturated heterocycles. The molecule has 0 aromatic heterocycles. The molecule has 3 rings (SSSR count). The van der Waals surface area contributed by atoms with Gasteiger partial charge in [0.05, 0.1) is 5.56 Å². The summed E-state index contributed by atoms with van der Waals surface area (Å²) >= 11 is 0. The van der Waals surface area contributed by atoms with Gasteiger partial charge in [0.15, 0.2) is 0 Å². The molecule has 0 spiro atoms. The Hall–Kier alpha value is -3.01. The van der Waals surface area contributed by atoms with Gasteiger partial charge in [0, 0.05) is 11.6 Å². The average molecular weight is 338 g/mol. The summed E-state index contributed by atoms with van der Waals surface area (Å²) < 4.78 is 32.7. The first kappa shape index (κ1) is 16.8. The molecule has 0 saturated carbocycles. The molecule has 0 aliphatic heterocycles. The molecule has 4 heteroatoms. The van der Waals surface area contributed by atoms with Crippen LogP contribution in [0.3, 0.4) is 0 Å². The van der Waals surface area contributed by atoms with Crippen LogP contribution in [0.15, 0.2) is 60.7 Å². The smallest absolute Gasteiger partial charge is 0.343 e. The molecule has 0 amide bonds. The fourth-order valence-electron chi connectivity index (χ4n) is 2.44. The second kappa shape index (κ2) is 6.85. The summed E-state index contributed by atoms with van der Waals surface area (Å²) in [6, 6.07) is 15.7. The van der Waals surface area contributed by atoms with Crippen molar-refractivity contribution in [2.24, 2.45) is 0 Å². The van der Waals surface area contributed by atoms with Crippen LogP contribution in [0.4, 0.5) is 8.78 Å². The van der Waals surface area contributed by atoms with Gasteiger partial charge in [0.1, 0.15) is 17.4 Å². The van der Waals surface area contributed by atoms with Gasteiger partial charge in [-0.25, -0.2) is 13.6 Å². The van der Waals surface area contributed by atoms with E-state index in [1.807, 2.05) is 13.0 Å². The van der Waals surface area contributed by atoms with Crippen LogP contribution in [0.25, 0.3) is 11.1 Å². The number of rotatable bonds is 3. The van der Waals surface area contributed by atoms with E-state index in [0.717, 1.165) is 5.56 Å². The second-order valence-electron chi connectivity index (χ2n) is 5.86. The van der Waals surface area contributed by atoms with E-state index in [1.54, 1.807) is 43.3 Å². The van der Waals surface area contributed by atoms with Crippen LogP contribution in [0, 0.1) is 25.5 Å². The van der Waals surface area contributed by atoms with Gasteiger partial charge in [-0.2, -0.15) is 0 Å². The van der Waals surface area contributed by atoms with Crippen molar-refractivity contribution in [1.82, 2.24) is 0 Å². The standard InChI is InChI=1S/C21H16F2O2/c1-13-3-10-18(20(23)11-13)15-5-7-16(8-6-15)21(24)25-17-9-4-14(2)19(22)12-17/h3-12H,1-2H3. The molecule has 2 nitrogen and oxygen atoms in total. The molecule has 0 fully saturated rings. The Labute approximate surface area is 144 Å². The molecule has 0 atom stereocenters. The molecule has 0 heterocycles. The molecule has 0 unspecified atom stereocenters. The molecule has 126 valence electrons. The first-order chi connectivity index (χ1) is 11.9. The third-order valence-corrected chi connectivity index (χ3v) is 3.91. The van der Waals surface area contributed by atoms with E-state index in [-0.39, 0.29) is 11.6 Å². The number of aryl methyl sites for hydroxylation is 2. The third-order valence-electron chi connectivity index (χ3n) is 3.91. The second-order valence-corrected chi connectivity index (χ2v) is 5.86. The zero-order valence-electron chi connectivity index (χ0n) is 13.8. The number of benzene rings is 3. The Morgan fingerprint density at radius 2 is 1.56 bits per heavy atom. The van der Waals surface area contributed by atoms with E-state index in [0.29, 0.717) is 22.3 Å². The predicted molar refractivity (Wildman–Crippen MR) is 92.7 cm³/mol. The van der Waals surface area contributed by atoms with Gasteiger partial charge >= 0.3 is 5.97 Å². The Balaban J connectivity index is 1.79. The van der Waals surface area contributed by atoms with Crippen LogP contribution in [0.2, 0.25) is 0 Å². The Bertz CT molecular complexity index is 931. The number of esters is 1. The highest BCUT2D eigenvalue weighted by Gasteiger charge is 2.11. The van der Waals surface area contributed by atoms with Crippen molar-refractivity contribution >= 4 is 5.97 Å². The van der Waals surface area contributed by atoms with Crippen molar-refractivity contribution in [3.8, 4) is 16.9 Å². The first-order valence-corrected chi connectivity index (χ1v) is 7.79. The monoisotopic (exact) mass is 338 g/mol. The minimum absolute atomic E-state index is 0.141. The Morgan fingerprint density at radius 3 is 2.20 bits per heavy atom. The predicted octanol–water partition coefficient (Wildman–Crippen LogP) is 5.47. The maximum atomic E-state index is 14.0. The van der Waals surface area contributed by atoms with Crippen molar-refractivity contribution in [2.75, 3.05) is 0 Å². The van der Waals surface area contributed by atoms with Gasteiger partial charge in [0.2, 0.25) is 0 Å². The number of carbonyl (C=O) groups excluding carboxylic acids is 1. The lowest BCUT2D eigenvalue weighted by Crippen LogP contribution is -2.08. The van der Waals surface area contributed by atoms with Crippen LogP contribution < -0.4 is 4.74 Å². The van der Waals surface area contributed by atoms with Gasteiger partial charge in [-0.05, 0) is 54.8 Å². The number of hydrogen-bond acceptors (Lipinski definition) is 2. The average Bonchev–Trinajstić information content (AvgIpc) is 2.58. The molecule has 0 radical (unpaired) electrons. The van der Waals surface area contributed by atoms with Crippen LogP contribution in [-0.4, -0.2) is 5.97 Å². The molecule has 25 heavy (non-hydrogen) atoms. The highest BCUT2D eigenvalue weighted by molar-refractivity contribution is 5.91. The van der Waals surface area contributed by atoms with Crippen LogP contribution in [-0.2, 0) is 0 Å². The van der Waals surface area contributed by atoms with Gasteiger partial charge in [-0.3, -0.25) is 0 Å². The highest BCUT2D eigenvalue weighted by Crippen LogP contribution is 2.24. The van der Waals surface area contributed by atoms with Crippen molar-refractivity contribution in [1.29, 1.82) is 0 Å². The maximum absolute atomic E-state index is 14.0. The third kappa shape index (κ3) is 3.74. The summed E-state index contributed by atoms with van der Waals surface area (Å²) in [6.07, 6.45) is 0. The lowest BCUT2D eigenvalue weighted by atomic mass is 10.0. The van der Waals surface area contributed by atoms with Gasteiger partial charge in [-0.1, -0.05) is 30.3 Å². The van der Waals surface area contributed by atoms with E-state index in [2.05, 4.69) is 0 Å². The van der Waals surface area contributed by atoms with E-state index in [4.69, 9.17) is 4.74 Å². The fraction of sp³-hybridized carbons (Fsp3) is 0.0952. The van der Waals surface area contributed by atoms with Crippen LogP contribution in [0.5, 0.6) is 5.75 Å². The van der Waals surface area contributed by atoms with Crippen molar-refractivity contribution in [2.45, 2.75) is 13.8 Å². The molecule has 3 aromatic carbocycles. The SMILES string of the molecule is Cc1ccc(-c2ccc(C(=O)Oc3ccc(C)c(F)c3)cc2)c(F)c1. The summed E-state index contributed by atoms with van der Waals surface area (Å²) in [5, 5.41) is 0. The first-order valence-electron chi connectivity index (χ1n) is 7.79. The normalized spacial score (nSPS) is 10.6. The van der Waals surface area contributed by atoms with Crippen molar-refractivity contribution in [3.05, 3.63) is 89.0 Å². The minimum Gasteiger partial charge on any atom is -0.423 e. The van der Waals surface area contributed by atoms with Crippen LogP contribution >= 0.6 is 0 Å². The number of halogens is 2. The van der Waals surface area contributed by atoms with E-state index in [9.17, 15) is 13.6 Å². The van der Waals surface area contributed by atoms with Gasteiger partial charge in [0.25, 0.3) is 0 Å². The molecule has 3 aromatic rings. The molecule has 0 aliphatic carbocycles. The summed E-state index contributed by atoms with van der Waals surface area (Å²) in [5.74, 6) is -1.21. The van der Waals surface area contributed by atoms with Gasteiger partial charge < -0.3 is 4.74 Å². The summed E-state index contributed by atoms with van der Waals surface area (Å²) in [7, 11) is 0. The van der Waals surface area contributed by atoms with Crippen molar-refractivity contribution < 1.29 is 18.3 Å². The largest absolute Gasteiger partial charge is 0.423 e. The molecule has 0 bridgehead atoms. The fourth-order valence-corrected chi connectivity index (χ4v) is 2.44. The Morgan fingerprint density at radius 1 is 0.840 bits per heavy atom. The lowest BCUT2D eigenvalue weighted by Gasteiger charge is -2.07. The quantitative estimate of drug-likeness (QED) is 0.468. The summed E-state index contributed by atoms with van der Waals surface area (Å²) in [5.41, 5.74) is 2.75. The molecular formula is C21H16F2O2. The zero-order chi connectivity index (χ0) is 18.0. The topological polar surface area (TPSA) is 26.3 Å².